The van der Waals surface area contributed by atoms with E-state index in [9.17, 15) is 9.59 Å². The minimum absolute atomic E-state index is 0.102. The van der Waals surface area contributed by atoms with Crippen LogP contribution in [0.15, 0.2) is 6.07 Å². The van der Waals surface area contributed by atoms with E-state index in [1.165, 1.54) is 26.2 Å². The molecule has 0 bridgehead atoms. The highest BCUT2D eigenvalue weighted by Gasteiger charge is 2.27. The summed E-state index contributed by atoms with van der Waals surface area (Å²) in [7, 11) is 2.78. The van der Waals surface area contributed by atoms with Gasteiger partial charge in [0.05, 0.1) is 19.9 Å². The van der Waals surface area contributed by atoms with Crippen LogP contribution in [0.3, 0.4) is 0 Å². The summed E-state index contributed by atoms with van der Waals surface area (Å²) in [4.78, 5) is 28.7. The van der Waals surface area contributed by atoms with Crippen LogP contribution < -0.4 is 10.8 Å². The molecule has 0 aliphatic heterocycles. The van der Waals surface area contributed by atoms with E-state index in [0.717, 1.165) is 5.56 Å². The summed E-state index contributed by atoms with van der Waals surface area (Å²) in [5.74, 6) is -0.528. The minimum atomic E-state index is -0.639. The van der Waals surface area contributed by atoms with Crippen molar-refractivity contribution in [1.29, 1.82) is 0 Å². The fraction of sp³-hybridized carbons (Fsp3) is 0.467. The fourth-order valence-electron chi connectivity index (χ4n) is 2.33. The molecule has 0 spiro atoms. The molecule has 21 heavy (non-hydrogen) atoms. The molecule has 1 aromatic carbocycles. The number of ether oxygens (including phenoxy) is 1. The Bertz CT molecular complexity index is 569. The Morgan fingerprint density at radius 3 is 2.29 bits per heavy atom. The van der Waals surface area contributed by atoms with E-state index >= 15 is 0 Å². The lowest BCUT2D eigenvalue weighted by molar-refractivity contribution is -0.143. The summed E-state index contributed by atoms with van der Waals surface area (Å²) < 4.78 is 4.74. The number of hydrogen-bond donors (Lipinski definition) is 1. The van der Waals surface area contributed by atoms with Gasteiger partial charge in [-0.1, -0.05) is 0 Å². The highest BCUT2D eigenvalue weighted by Crippen LogP contribution is 2.33. The van der Waals surface area contributed by atoms with E-state index in [-0.39, 0.29) is 5.78 Å². The number of ketones is 1. The number of carbonyl (C=O) groups excluding carboxylic acids is 2. The van der Waals surface area contributed by atoms with Crippen LogP contribution in [-0.2, 0) is 14.4 Å². The van der Waals surface area contributed by atoms with E-state index in [1.54, 1.807) is 19.9 Å². The molecule has 6 nitrogen and oxygen atoms in total. The van der Waals surface area contributed by atoms with Crippen LogP contribution in [0, 0.1) is 13.8 Å². The summed E-state index contributed by atoms with van der Waals surface area (Å²) in [5, 5.41) is 1.44. The lowest BCUT2D eigenvalue weighted by atomic mass is 9.98. The van der Waals surface area contributed by atoms with Crippen molar-refractivity contribution in [3.8, 4) is 0 Å². The number of rotatable bonds is 5. The van der Waals surface area contributed by atoms with Gasteiger partial charge < -0.3 is 10.5 Å². The largest absolute Gasteiger partial charge is 0.467 e. The van der Waals surface area contributed by atoms with Gasteiger partial charge in [0.2, 0.25) is 0 Å². The summed E-state index contributed by atoms with van der Waals surface area (Å²) in [5.41, 5.74) is 9.05. The van der Waals surface area contributed by atoms with Gasteiger partial charge in [0.15, 0.2) is 11.8 Å². The first-order valence-corrected chi connectivity index (χ1v) is 6.58. The number of aryl methyl sites for hydroxylation is 1. The molecule has 1 rings (SSSR count). The minimum Gasteiger partial charge on any atom is -0.467 e. The van der Waals surface area contributed by atoms with Crippen LogP contribution in [0.2, 0.25) is 0 Å². The molecule has 0 heterocycles. The molecule has 0 radical (unpaired) electrons. The number of nitrogen functional groups attached to an aromatic ring is 1. The lowest BCUT2D eigenvalue weighted by Gasteiger charge is -2.30. The molecule has 0 aliphatic rings. The number of methoxy groups -OCH3 is 1. The Balaban J connectivity index is 3.44. The van der Waals surface area contributed by atoms with E-state index in [4.69, 9.17) is 15.3 Å². The summed E-state index contributed by atoms with van der Waals surface area (Å²) in [6, 6.07) is 1.07. The molecule has 1 atom stereocenters. The molecule has 0 fully saturated rings. The second kappa shape index (κ2) is 6.58. The molecule has 0 saturated heterocycles. The van der Waals surface area contributed by atoms with Crippen molar-refractivity contribution >= 4 is 23.1 Å². The average Bonchev–Trinajstić information content (AvgIpc) is 2.45. The van der Waals surface area contributed by atoms with Gasteiger partial charge in [-0.2, -0.15) is 0 Å². The number of Topliss-reactive ketones (excluding diaryl/α,β-unsaturated/α-hetero) is 1. The van der Waals surface area contributed by atoms with Crippen LogP contribution in [0.25, 0.3) is 0 Å². The smallest absolute Gasteiger partial charge is 0.330 e. The third kappa shape index (κ3) is 3.16. The average molecular weight is 294 g/mol. The normalized spacial score (nSPS) is 11.9. The Kier molecular flexibility index (Phi) is 5.32. The maximum absolute atomic E-state index is 11.7. The van der Waals surface area contributed by atoms with Gasteiger partial charge in [0, 0.05) is 11.3 Å². The molecule has 6 heteroatoms. The predicted molar refractivity (Wildman–Crippen MR) is 81.3 cm³/mol. The monoisotopic (exact) mass is 294 g/mol. The lowest BCUT2D eigenvalue weighted by Crippen LogP contribution is -2.40. The van der Waals surface area contributed by atoms with Gasteiger partial charge in [-0.3, -0.25) is 9.63 Å². The van der Waals surface area contributed by atoms with Crippen molar-refractivity contribution in [1.82, 2.24) is 0 Å². The zero-order valence-corrected chi connectivity index (χ0v) is 13.3. The molecule has 0 amide bonds. The number of nitrogens with zero attached hydrogens (tertiary/aromatic N) is 1. The number of esters is 1. The van der Waals surface area contributed by atoms with Crippen molar-refractivity contribution < 1.29 is 19.2 Å². The molecule has 116 valence electrons. The van der Waals surface area contributed by atoms with Crippen LogP contribution in [0.5, 0.6) is 0 Å². The van der Waals surface area contributed by atoms with Gasteiger partial charge in [-0.25, -0.2) is 9.86 Å². The summed E-state index contributed by atoms with van der Waals surface area (Å²) in [6.45, 7) is 6.77. The maximum atomic E-state index is 11.7. The Morgan fingerprint density at radius 2 is 1.86 bits per heavy atom. The maximum Gasteiger partial charge on any atom is 0.330 e. The van der Waals surface area contributed by atoms with Crippen LogP contribution in [0.1, 0.15) is 35.3 Å². The Hall–Kier alpha value is -2.08. The zero-order valence-electron chi connectivity index (χ0n) is 13.3. The van der Waals surface area contributed by atoms with Crippen LogP contribution in [-0.4, -0.2) is 32.0 Å². The number of anilines is 2. The number of hydroxylamine groups is 1. The van der Waals surface area contributed by atoms with Gasteiger partial charge in [0.1, 0.15) is 0 Å². The number of nitrogens with two attached hydrogens (primary N) is 1. The van der Waals surface area contributed by atoms with E-state index in [2.05, 4.69) is 0 Å². The second-order valence-corrected chi connectivity index (χ2v) is 4.89. The quantitative estimate of drug-likeness (QED) is 0.387. The molecule has 0 aromatic heterocycles. The highest BCUT2D eigenvalue weighted by atomic mass is 16.7. The van der Waals surface area contributed by atoms with E-state index < -0.39 is 12.0 Å². The number of benzene rings is 1. The highest BCUT2D eigenvalue weighted by molar-refractivity contribution is 6.01. The van der Waals surface area contributed by atoms with Gasteiger partial charge in [0.25, 0.3) is 0 Å². The summed E-state index contributed by atoms with van der Waals surface area (Å²) in [6.07, 6.45) is 0. The molecular formula is C15H22N2O4. The molecule has 0 aliphatic carbocycles. The van der Waals surface area contributed by atoms with Crippen molar-refractivity contribution in [3.05, 3.63) is 22.8 Å². The van der Waals surface area contributed by atoms with Gasteiger partial charge >= 0.3 is 5.97 Å². The van der Waals surface area contributed by atoms with Gasteiger partial charge in [-0.05, 0) is 44.9 Å². The van der Waals surface area contributed by atoms with Crippen molar-refractivity contribution in [2.24, 2.45) is 0 Å². The predicted octanol–water partition coefficient (Wildman–Crippen LogP) is 2.02. The van der Waals surface area contributed by atoms with Gasteiger partial charge in [-0.15, -0.1) is 0 Å². The zero-order chi connectivity index (χ0) is 16.3. The van der Waals surface area contributed by atoms with Crippen molar-refractivity contribution in [2.45, 2.75) is 33.7 Å². The molecular weight excluding hydrogens is 272 g/mol. The molecule has 1 aromatic rings. The van der Waals surface area contributed by atoms with E-state index in [0.29, 0.717) is 22.5 Å². The topological polar surface area (TPSA) is 81.9 Å². The van der Waals surface area contributed by atoms with E-state index in [1.807, 2.05) is 6.92 Å². The molecule has 2 N–H and O–H groups in total. The van der Waals surface area contributed by atoms with Crippen molar-refractivity contribution in [2.75, 3.05) is 25.0 Å². The first-order valence-electron chi connectivity index (χ1n) is 6.58. The number of hydrogen-bond acceptors (Lipinski definition) is 6. The first kappa shape index (κ1) is 17.0. The van der Waals surface area contributed by atoms with Crippen LogP contribution >= 0.6 is 0 Å². The third-order valence-electron chi connectivity index (χ3n) is 3.47. The Morgan fingerprint density at radius 1 is 1.29 bits per heavy atom. The number of carbonyl (C=O) groups is 2. The standard InChI is InChI=1S/C15H22N2O4/c1-8-7-12(11(4)18)13(16)9(2)14(8)17(21-6)10(3)15(19)20-5/h7,10H,16H2,1-6H3. The molecule has 1 unspecified atom stereocenters. The third-order valence-corrected chi connectivity index (χ3v) is 3.47. The SMILES string of the molecule is COC(=O)C(C)N(OC)c1c(C)cc(C(C)=O)c(N)c1C. The fourth-order valence-corrected chi connectivity index (χ4v) is 2.33. The Labute approximate surface area is 124 Å². The molecule has 0 saturated carbocycles. The van der Waals surface area contributed by atoms with Crippen LogP contribution in [0.4, 0.5) is 11.4 Å². The van der Waals surface area contributed by atoms with Crippen molar-refractivity contribution in [3.63, 3.8) is 0 Å². The second-order valence-electron chi connectivity index (χ2n) is 4.89. The summed E-state index contributed by atoms with van der Waals surface area (Å²) >= 11 is 0. The first-order chi connectivity index (χ1) is 9.76.